The van der Waals surface area contributed by atoms with Crippen molar-refractivity contribution in [1.82, 2.24) is 9.55 Å². The van der Waals surface area contributed by atoms with Crippen molar-refractivity contribution in [3.63, 3.8) is 0 Å². The van der Waals surface area contributed by atoms with E-state index in [0.717, 1.165) is 16.9 Å². The highest BCUT2D eigenvalue weighted by Crippen LogP contribution is 2.21. The van der Waals surface area contributed by atoms with Crippen LogP contribution in [-0.4, -0.2) is 22.8 Å². The van der Waals surface area contributed by atoms with Crippen LogP contribution < -0.4 is 0 Å². The van der Waals surface area contributed by atoms with Crippen LogP contribution >= 0.6 is 0 Å². The van der Waals surface area contributed by atoms with Crippen LogP contribution in [0.5, 0.6) is 0 Å². The maximum Gasteiger partial charge on any atom is 0.419 e. The third kappa shape index (κ3) is 1.56. The predicted octanol–water partition coefficient (Wildman–Crippen LogP) is 2.77. The van der Waals surface area contributed by atoms with E-state index in [1.807, 2.05) is 38.1 Å². The van der Waals surface area contributed by atoms with Crippen LogP contribution in [-0.2, 0) is 4.74 Å². The lowest BCUT2D eigenvalue weighted by Gasteiger charge is -2.07. The first-order valence-electron chi connectivity index (χ1n) is 5.21. The molecule has 0 N–H and O–H groups in total. The molecular formula is C12H14N2O2. The summed E-state index contributed by atoms with van der Waals surface area (Å²) in [5, 5.41) is 0. The molecule has 0 atom stereocenters. The Balaban J connectivity index is 2.74. The number of nitrogens with zero attached hydrogens (tertiary/aromatic N) is 2. The van der Waals surface area contributed by atoms with E-state index in [-0.39, 0.29) is 5.92 Å². The second-order valence-corrected chi connectivity index (χ2v) is 3.92. The number of carbonyl (C=O) groups excluding carboxylic acids is 1. The topological polar surface area (TPSA) is 44.1 Å². The maximum absolute atomic E-state index is 11.7. The zero-order valence-corrected chi connectivity index (χ0v) is 9.60. The lowest BCUT2D eigenvalue weighted by atomic mass is 10.2. The van der Waals surface area contributed by atoms with Crippen LogP contribution in [0.1, 0.15) is 25.6 Å². The van der Waals surface area contributed by atoms with E-state index >= 15 is 0 Å². The van der Waals surface area contributed by atoms with E-state index in [0.29, 0.717) is 0 Å². The van der Waals surface area contributed by atoms with Gasteiger partial charge >= 0.3 is 6.09 Å². The Morgan fingerprint density at radius 2 is 2.06 bits per heavy atom. The standard InChI is InChI=1S/C12H14N2O2/c1-8(2)11-13-9-6-4-5-7-10(9)14(11)12(15)16-3/h4-8H,1-3H3. The molecule has 4 nitrogen and oxygen atoms in total. The smallest absolute Gasteiger partial charge is 0.419 e. The first-order chi connectivity index (χ1) is 7.65. The van der Waals surface area contributed by atoms with Gasteiger partial charge in [-0.05, 0) is 12.1 Å². The highest BCUT2D eigenvalue weighted by molar-refractivity contribution is 5.87. The van der Waals surface area contributed by atoms with E-state index in [2.05, 4.69) is 4.98 Å². The molecule has 0 aliphatic heterocycles. The Hall–Kier alpha value is -1.84. The van der Waals surface area contributed by atoms with Gasteiger partial charge in [0, 0.05) is 5.92 Å². The quantitative estimate of drug-likeness (QED) is 0.739. The third-order valence-electron chi connectivity index (χ3n) is 2.46. The summed E-state index contributed by atoms with van der Waals surface area (Å²) in [6, 6.07) is 7.54. The van der Waals surface area contributed by atoms with Gasteiger partial charge in [-0.3, -0.25) is 0 Å². The lowest BCUT2D eigenvalue weighted by Crippen LogP contribution is -2.15. The first-order valence-corrected chi connectivity index (χ1v) is 5.21. The average molecular weight is 218 g/mol. The van der Waals surface area contributed by atoms with Crippen LogP contribution in [0.25, 0.3) is 11.0 Å². The second kappa shape index (κ2) is 3.96. The molecule has 2 rings (SSSR count). The molecule has 0 amide bonds. The molecular weight excluding hydrogens is 204 g/mol. The largest absolute Gasteiger partial charge is 0.452 e. The normalized spacial score (nSPS) is 11.0. The van der Waals surface area contributed by atoms with Crippen molar-refractivity contribution >= 4 is 17.1 Å². The Morgan fingerprint density at radius 1 is 1.38 bits per heavy atom. The van der Waals surface area contributed by atoms with E-state index in [4.69, 9.17) is 4.74 Å². The van der Waals surface area contributed by atoms with Crippen LogP contribution in [0.3, 0.4) is 0 Å². The summed E-state index contributed by atoms with van der Waals surface area (Å²) < 4.78 is 6.31. The first kappa shape index (κ1) is 10.7. The summed E-state index contributed by atoms with van der Waals surface area (Å²) >= 11 is 0. The number of aromatic nitrogens is 2. The van der Waals surface area contributed by atoms with Gasteiger partial charge in [0.2, 0.25) is 0 Å². The molecule has 1 heterocycles. The molecule has 16 heavy (non-hydrogen) atoms. The summed E-state index contributed by atoms with van der Waals surface area (Å²) in [6.07, 6.45) is -0.391. The fraction of sp³-hybridized carbons (Fsp3) is 0.333. The summed E-state index contributed by atoms with van der Waals surface area (Å²) in [7, 11) is 1.38. The van der Waals surface area contributed by atoms with Gasteiger partial charge in [-0.25, -0.2) is 14.3 Å². The molecule has 1 aromatic carbocycles. The SMILES string of the molecule is COC(=O)n1c(C(C)C)nc2ccccc21. The van der Waals surface area contributed by atoms with Crippen molar-refractivity contribution < 1.29 is 9.53 Å². The number of fused-ring (bicyclic) bond motifs is 1. The predicted molar refractivity (Wildman–Crippen MR) is 61.6 cm³/mol. The Morgan fingerprint density at radius 3 is 2.69 bits per heavy atom. The Bertz CT molecular complexity index is 529. The number of imidazole rings is 1. The van der Waals surface area contributed by atoms with Crippen molar-refractivity contribution in [2.45, 2.75) is 19.8 Å². The van der Waals surface area contributed by atoms with Crippen LogP contribution in [0, 0.1) is 0 Å². The number of rotatable bonds is 1. The molecule has 0 fully saturated rings. The minimum absolute atomic E-state index is 0.173. The van der Waals surface area contributed by atoms with Gasteiger partial charge in [0.15, 0.2) is 0 Å². The lowest BCUT2D eigenvalue weighted by molar-refractivity contribution is 0.172. The minimum atomic E-state index is -0.391. The number of para-hydroxylation sites is 2. The molecule has 0 saturated heterocycles. The molecule has 0 aliphatic rings. The number of benzene rings is 1. The monoisotopic (exact) mass is 218 g/mol. The molecule has 84 valence electrons. The summed E-state index contributed by atoms with van der Waals surface area (Å²) in [5.41, 5.74) is 1.61. The van der Waals surface area contributed by atoms with Gasteiger partial charge in [-0.15, -0.1) is 0 Å². The number of hydrogen-bond acceptors (Lipinski definition) is 3. The molecule has 0 spiro atoms. The van der Waals surface area contributed by atoms with Crippen LogP contribution in [0.15, 0.2) is 24.3 Å². The van der Waals surface area contributed by atoms with Gasteiger partial charge in [-0.2, -0.15) is 0 Å². The fourth-order valence-electron chi connectivity index (χ4n) is 1.72. The molecule has 4 heteroatoms. The van der Waals surface area contributed by atoms with Crippen molar-refractivity contribution in [2.75, 3.05) is 7.11 Å². The molecule has 0 unspecified atom stereocenters. The van der Waals surface area contributed by atoms with Crippen molar-refractivity contribution in [2.24, 2.45) is 0 Å². The molecule has 1 aromatic heterocycles. The summed E-state index contributed by atoms with van der Waals surface area (Å²) in [5.74, 6) is 0.902. The van der Waals surface area contributed by atoms with Gasteiger partial charge in [0.05, 0.1) is 18.1 Å². The second-order valence-electron chi connectivity index (χ2n) is 3.92. The number of methoxy groups -OCH3 is 1. The molecule has 0 saturated carbocycles. The van der Waals surface area contributed by atoms with Crippen molar-refractivity contribution in [1.29, 1.82) is 0 Å². The minimum Gasteiger partial charge on any atom is -0.452 e. The highest BCUT2D eigenvalue weighted by atomic mass is 16.5. The number of carbonyl (C=O) groups is 1. The van der Waals surface area contributed by atoms with Gasteiger partial charge in [-0.1, -0.05) is 26.0 Å². The molecule has 0 aliphatic carbocycles. The molecule has 0 radical (unpaired) electrons. The average Bonchev–Trinajstić information content (AvgIpc) is 2.67. The molecule has 2 aromatic rings. The van der Waals surface area contributed by atoms with Gasteiger partial charge in [0.25, 0.3) is 0 Å². The Labute approximate surface area is 93.9 Å². The highest BCUT2D eigenvalue weighted by Gasteiger charge is 2.18. The van der Waals surface area contributed by atoms with E-state index < -0.39 is 6.09 Å². The van der Waals surface area contributed by atoms with E-state index in [1.54, 1.807) is 0 Å². The maximum atomic E-state index is 11.7. The number of ether oxygens (including phenoxy) is 1. The van der Waals surface area contributed by atoms with Crippen LogP contribution in [0.2, 0.25) is 0 Å². The van der Waals surface area contributed by atoms with Crippen molar-refractivity contribution in [3.05, 3.63) is 30.1 Å². The van der Waals surface area contributed by atoms with E-state index in [1.165, 1.54) is 11.7 Å². The summed E-state index contributed by atoms with van der Waals surface area (Å²) in [4.78, 5) is 16.2. The van der Waals surface area contributed by atoms with Crippen molar-refractivity contribution in [3.8, 4) is 0 Å². The zero-order chi connectivity index (χ0) is 11.7. The zero-order valence-electron chi connectivity index (χ0n) is 9.60. The van der Waals surface area contributed by atoms with Gasteiger partial charge < -0.3 is 4.74 Å². The number of hydrogen-bond donors (Lipinski definition) is 0. The summed E-state index contributed by atoms with van der Waals surface area (Å²) in [6.45, 7) is 4.00. The van der Waals surface area contributed by atoms with Crippen LogP contribution in [0.4, 0.5) is 4.79 Å². The Kier molecular flexibility index (Phi) is 2.64. The fourth-order valence-corrected chi connectivity index (χ4v) is 1.72. The van der Waals surface area contributed by atoms with Gasteiger partial charge in [0.1, 0.15) is 5.82 Å². The van der Waals surface area contributed by atoms with E-state index in [9.17, 15) is 4.79 Å². The molecule has 0 bridgehead atoms. The third-order valence-corrected chi connectivity index (χ3v) is 2.46.